The second-order valence-corrected chi connectivity index (χ2v) is 6.30. The lowest BCUT2D eigenvalue weighted by Gasteiger charge is -2.11. The molecular formula is C18H15ClN4O4. The normalized spacial score (nSPS) is 10.5. The number of carbonyl (C=O) groups excluding carboxylic acids is 1. The standard InChI is InChI=1S/C18H15ClN4O4/c1-10-3-4-11(2)16(5-10)27-14-7-12(6-13(8-14)23(25)26)21-18(24)17-15(19)9-20-22-17/h3-9H,1-2H3,(H,20,22)(H,21,24). The number of amides is 1. The van der Waals surface area contributed by atoms with Gasteiger partial charge in [-0.05, 0) is 31.0 Å². The van der Waals surface area contributed by atoms with E-state index in [-0.39, 0.29) is 27.8 Å². The third kappa shape index (κ3) is 4.24. The Labute approximate surface area is 159 Å². The number of H-pyrrole nitrogens is 1. The summed E-state index contributed by atoms with van der Waals surface area (Å²) in [4.78, 5) is 23.0. The van der Waals surface area contributed by atoms with Crippen LogP contribution in [0.5, 0.6) is 11.5 Å². The highest BCUT2D eigenvalue weighted by Crippen LogP contribution is 2.32. The molecule has 0 aliphatic rings. The van der Waals surface area contributed by atoms with Gasteiger partial charge in [-0.3, -0.25) is 20.0 Å². The van der Waals surface area contributed by atoms with Gasteiger partial charge in [0.15, 0.2) is 0 Å². The van der Waals surface area contributed by atoms with Crippen molar-refractivity contribution in [3.8, 4) is 11.5 Å². The van der Waals surface area contributed by atoms with E-state index < -0.39 is 10.8 Å². The molecule has 3 rings (SSSR count). The van der Waals surface area contributed by atoms with Gasteiger partial charge in [0.2, 0.25) is 0 Å². The Hall–Kier alpha value is -3.39. The number of ether oxygens (including phenoxy) is 1. The van der Waals surface area contributed by atoms with Crippen molar-refractivity contribution in [2.24, 2.45) is 0 Å². The van der Waals surface area contributed by atoms with Gasteiger partial charge >= 0.3 is 0 Å². The maximum absolute atomic E-state index is 12.3. The van der Waals surface area contributed by atoms with Crippen LogP contribution in [-0.2, 0) is 0 Å². The Kier molecular flexibility index (Phi) is 5.09. The number of carbonyl (C=O) groups is 1. The minimum absolute atomic E-state index is 0.0557. The smallest absolute Gasteiger partial charge is 0.275 e. The van der Waals surface area contributed by atoms with Crippen molar-refractivity contribution in [1.29, 1.82) is 0 Å². The van der Waals surface area contributed by atoms with E-state index in [4.69, 9.17) is 16.3 Å². The average Bonchev–Trinajstić information content (AvgIpc) is 3.04. The number of aromatic amines is 1. The minimum Gasteiger partial charge on any atom is -0.457 e. The molecule has 138 valence electrons. The highest BCUT2D eigenvalue weighted by molar-refractivity contribution is 6.34. The molecule has 1 aromatic heterocycles. The number of anilines is 1. The Balaban J connectivity index is 1.93. The molecule has 0 saturated carbocycles. The van der Waals surface area contributed by atoms with Crippen LogP contribution < -0.4 is 10.1 Å². The molecule has 27 heavy (non-hydrogen) atoms. The molecule has 0 spiro atoms. The predicted molar refractivity (Wildman–Crippen MR) is 101 cm³/mol. The Morgan fingerprint density at radius 1 is 1.26 bits per heavy atom. The fourth-order valence-corrected chi connectivity index (χ4v) is 2.57. The Bertz CT molecular complexity index is 1030. The zero-order valence-electron chi connectivity index (χ0n) is 14.4. The summed E-state index contributed by atoms with van der Waals surface area (Å²) in [6, 6.07) is 9.69. The number of nitro groups is 1. The van der Waals surface area contributed by atoms with E-state index in [0.29, 0.717) is 5.75 Å². The van der Waals surface area contributed by atoms with Crippen LogP contribution in [-0.4, -0.2) is 21.0 Å². The SMILES string of the molecule is Cc1ccc(C)c(Oc2cc(NC(=O)c3[nH]ncc3Cl)cc([N+](=O)[O-])c2)c1. The molecule has 2 aromatic carbocycles. The van der Waals surface area contributed by atoms with Gasteiger partial charge in [-0.25, -0.2) is 0 Å². The number of aryl methyl sites for hydroxylation is 2. The van der Waals surface area contributed by atoms with Crippen molar-refractivity contribution >= 4 is 28.9 Å². The number of hydrogen-bond acceptors (Lipinski definition) is 5. The highest BCUT2D eigenvalue weighted by Gasteiger charge is 2.17. The largest absolute Gasteiger partial charge is 0.457 e. The molecule has 3 aromatic rings. The summed E-state index contributed by atoms with van der Waals surface area (Å²) in [6.45, 7) is 3.79. The van der Waals surface area contributed by atoms with E-state index in [0.717, 1.165) is 11.1 Å². The third-order valence-electron chi connectivity index (χ3n) is 3.75. The maximum Gasteiger partial charge on any atom is 0.275 e. The van der Waals surface area contributed by atoms with Crippen LogP contribution in [0.3, 0.4) is 0 Å². The molecule has 0 bridgehead atoms. The molecule has 0 saturated heterocycles. The summed E-state index contributed by atoms with van der Waals surface area (Å²) in [6.07, 6.45) is 1.29. The fourth-order valence-electron chi connectivity index (χ4n) is 2.39. The Morgan fingerprint density at radius 2 is 2.04 bits per heavy atom. The Morgan fingerprint density at radius 3 is 2.70 bits per heavy atom. The molecule has 0 aliphatic carbocycles. The second-order valence-electron chi connectivity index (χ2n) is 5.89. The molecule has 1 heterocycles. The van der Waals surface area contributed by atoms with Crippen molar-refractivity contribution in [3.05, 3.63) is 74.6 Å². The van der Waals surface area contributed by atoms with Crippen LogP contribution in [0, 0.1) is 24.0 Å². The summed E-state index contributed by atoms with van der Waals surface area (Å²) in [7, 11) is 0. The summed E-state index contributed by atoms with van der Waals surface area (Å²) in [5, 5.41) is 20.1. The van der Waals surface area contributed by atoms with Crippen LogP contribution in [0.15, 0.2) is 42.6 Å². The summed E-state index contributed by atoms with van der Waals surface area (Å²) < 4.78 is 5.82. The summed E-state index contributed by atoms with van der Waals surface area (Å²) in [5.74, 6) is 0.226. The van der Waals surface area contributed by atoms with Crippen LogP contribution in [0.25, 0.3) is 0 Å². The van der Waals surface area contributed by atoms with Gasteiger partial charge in [-0.2, -0.15) is 5.10 Å². The van der Waals surface area contributed by atoms with Crippen molar-refractivity contribution in [2.45, 2.75) is 13.8 Å². The molecule has 9 heteroatoms. The average molecular weight is 387 g/mol. The van der Waals surface area contributed by atoms with Gasteiger partial charge in [-0.15, -0.1) is 0 Å². The third-order valence-corrected chi connectivity index (χ3v) is 4.04. The van der Waals surface area contributed by atoms with E-state index in [1.165, 1.54) is 24.4 Å². The first kappa shape index (κ1) is 18.4. The number of rotatable bonds is 5. The van der Waals surface area contributed by atoms with E-state index in [2.05, 4.69) is 15.5 Å². The zero-order chi connectivity index (χ0) is 19.6. The number of halogens is 1. The monoisotopic (exact) mass is 386 g/mol. The number of nitrogens with one attached hydrogen (secondary N) is 2. The van der Waals surface area contributed by atoms with Crippen LogP contribution in [0.4, 0.5) is 11.4 Å². The first-order chi connectivity index (χ1) is 12.8. The van der Waals surface area contributed by atoms with Crippen LogP contribution >= 0.6 is 11.6 Å². The zero-order valence-corrected chi connectivity index (χ0v) is 15.2. The summed E-state index contributed by atoms with van der Waals surface area (Å²) >= 11 is 5.87. The van der Waals surface area contributed by atoms with E-state index in [1.54, 1.807) is 0 Å². The quantitative estimate of drug-likeness (QED) is 0.490. The van der Waals surface area contributed by atoms with Crippen molar-refractivity contribution in [3.63, 3.8) is 0 Å². The van der Waals surface area contributed by atoms with E-state index in [9.17, 15) is 14.9 Å². The fraction of sp³-hybridized carbons (Fsp3) is 0.111. The summed E-state index contributed by atoms with van der Waals surface area (Å²) in [5.41, 5.74) is 1.90. The van der Waals surface area contributed by atoms with Crippen molar-refractivity contribution in [2.75, 3.05) is 5.32 Å². The predicted octanol–water partition coefficient (Wildman–Crippen LogP) is 4.63. The molecule has 0 unspecified atom stereocenters. The van der Waals surface area contributed by atoms with Crippen LogP contribution in [0.2, 0.25) is 5.02 Å². The van der Waals surface area contributed by atoms with E-state index >= 15 is 0 Å². The van der Waals surface area contributed by atoms with Crippen molar-refractivity contribution in [1.82, 2.24) is 10.2 Å². The van der Waals surface area contributed by atoms with Gasteiger partial charge in [0.1, 0.15) is 17.2 Å². The number of nitrogens with zero attached hydrogens (tertiary/aromatic N) is 2. The van der Waals surface area contributed by atoms with E-state index in [1.807, 2.05) is 32.0 Å². The molecular weight excluding hydrogens is 372 g/mol. The van der Waals surface area contributed by atoms with Crippen LogP contribution in [0.1, 0.15) is 21.6 Å². The molecule has 0 radical (unpaired) electrons. The van der Waals surface area contributed by atoms with Gasteiger partial charge in [0, 0.05) is 12.1 Å². The molecule has 0 aliphatic heterocycles. The molecule has 8 nitrogen and oxygen atoms in total. The number of hydrogen-bond donors (Lipinski definition) is 2. The topological polar surface area (TPSA) is 110 Å². The van der Waals surface area contributed by atoms with Gasteiger partial charge < -0.3 is 10.1 Å². The molecule has 0 fully saturated rings. The minimum atomic E-state index is -0.573. The first-order valence-electron chi connectivity index (χ1n) is 7.88. The lowest BCUT2D eigenvalue weighted by atomic mass is 10.1. The number of benzene rings is 2. The number of aromatic nitrogens is 2. The van der Waals surface area contributed by atoms with Gasteiger partial charge in [-0.1, -0.05) is 23.7 Å². The van der Waals surface area contributed by atoms with Gasteiger partial charge in [0.25, 0.3) is 11.6 Å². The molecule has 2 N–H and O–H groups in total. The molecule has 0 atom stereocenters. The lowest BCUT2D eigenvalue weighted by molar-refractivity contribution is -0.384. The molecule has 1 amide bonds. The lowest BCUT2D eigenvalue weighted by Crippen LogP contribution is -2.13. The number of non-ortho nitro benzene ring substituents is 1. The second kappa shape index (κ2) is 7.46. The maximum atomic E-state index is 12.3. The number of nitro benzene ring substituents is 1. The van der Waals surface area contributed by atoms with Gasteiger partial charge in [0.05, 0.1) is 27.9 Å². The first-order valence-corrected chi connectivity index (χ1v) is 8.26. The highest BCUT2D eigenvalue weighted by atomic mass is 35.5. The van der Waals surface area contributed by atoms with Crippen molar-refractivity contribution < 1.29 is 14.5 Å².